The molecule has 0 atom stereocenters. The van der Waals surface area contributed by atoms with Gasteiger partial charge < -0.3 is 25.2 Å². The molecule has 6 nitrogen and oxygen atoms in total. The third-order valence-corrected chi connectivity index (χ3v) is 4.26. The van der Waals surface area contributed by atoms with Gasteiger partial charge >= 0.3 is 6.03 Å². The van der Waals surface area contributed by atoms with Crippen molar-refractivity contribution in [2.24, 2.45) is 0 Å². The summed E-state index contributed by atoms with van der Waals surface area (Å²) in [6, 6.07) is 5.22. The molecule has 1 aromatic carbocycles. The van der Waals surface area contributed by atoms with Gasteiger partial charge in [0.1, 0.15) is 0 Å². The maximum absolute atomic E-state index is 11.9. The molecule has 0 heterocycles. The monoisotopic (exact) mass is 322 g/mol. The first kappa shape index (κ1) is 17.4. The Kier molecular flexibility index (Phi) is 6.10. The molecule has 0 radical (unpaired) electrons. The van der Waals surface area contributed by atoms with Gasteiger partial charge in [-0.2, -0.15) is 0 Å². The number of hydrogen-bond acceptors (Lipinski definition) is 4. The van der Waals surface area contributed by atoms with E-state index >= 15 is 0 Å². The first-order chi connectivity index (χ1) is 11.1. The third-order valence-electron chi connectivity index (χ3n) is 4.26. The molecule has 1 aromatic rings. The maximum atomic E-state index is 11.9. The Morgan fingerprint density at radius 1 is 1.13 bits per heavy atom. The summed E-state index contributed by atoms with van der Waals surface area (Å²) in [7, 11) is 3.16. The van der Waals surface area contributed by atoms with Crippen LogP contribution in [0, 0.1) is 0 Å². The number of benzene rings is 1. The van der Waals surface area contributed by atoms with Gasteiger partial charge in [-0.05, 0) is 30.5 Å². The number of hydrogen-bond donors (Lipinski definition) is 3. The van der Waals surface area contributed by atoms with Crippen LogP contribution in [-0.2, 0) is 6.54 Å². The number of carbonyl (C=O) groups is 1. The van der Waals surface area contributed by atoms with Crippen LogP contribution in [0.5, 0.6) is 11.5 Å². The van der Waals surface area contributed by atoms with Crippen molar-refractivity contribution in [1.29, 1.82) is 0 Å². The van der Waals surface area contributed by atoms with Crippen molar-refractivity contribution in [3.63, 3.8) is 0 Å². The molecule has 0 bridgehead atoms. The molecule has 0 saturated heterocycles. The Hall–Kier alpha value is -1.95. The highest BCUT2D eigenvalue weighted by Crippen LogP contribution is 2.28. The topological polar surface area (TPSA) is 79.8 Å². The second kappa shape index (κ2) is 8.06. The lowest BCUT2D eigenvalue weighted by molar-refractivity contribution is 0.00719. The minimum absolute atomic E-state index is 0.279. The Bertz CT molecular complexity index is 527. The summed E-state index contributed by atoms with van der Waals surface area (Å²) in [6.07, 6.45) is 4.70. The van der Waals surface area contributed by atoms with Crippen LogP contribution in [0.4, 0.5) is 4.79 Å². The summed E-state index contributed by atoms with van der Waals surface area (Å²) >= 11 is 0. The fourth-order valence-electron chi connectivity index (χ4n) is 2.87. The highest BCUT2D eigenvalue weighted by atomic mass is 16.5. The SMILES string of the molecule is COc1ccc(CNC(=O)NCC2(O)CCCCC2)cc1OC. The average Bonchev–Trinajstić information content (AvgIpc) is 2.58. The zero-order valence-corrected chi connectivity index (χ0v) is 13.9. The number of amides is 2. The van der Waals surface area contributed by atoms with Crippen LogP contribution in [-0.4, -0.2) is 37.5 Å². The van der Waals surface area contributed by atoms with E-state index in [1.807, 2.05) is 12.1 Å². The lowest BCUT2D eigenvalue weighted by Crippen LogP contribution is -2.47. The molecule has 1 aliphatic rings. The van der Waals surface area contributed by atoms with Crippen LogP contribution >= 0.6 is 0 Å². The largest absolute Gasteiger partial charge is 0.493 e. The molecular formula is C17H26N2O4. The van der Waals surface area contributed by atoms with E-state index in [-0.39, 0.29) is 6.03 Å². The minimum atomic E-state index is -0.751. The van der Waals surface area contributed by atoms with Crippen molar-refractivity contribution in [2.45, 2.75) is 44.2 Å². The number of nitrogens with one attached hydrogen (secondary N) is 2. The van der Waals surface area contributed by atoms with Crippen LogP contribution < -0.4 is 20.1 Å². The van der Waals surface area contributed by atoms with Gasteiger partial charge in [0, 0.05) is 13.1 Å². The van der Waals surface area contributed by atoms with Crippen molar-refractivity contribution in [2.75, 3.05) is 20.8 Å². The molecule has 23 heavy (non-hydrogen) atoms. The van der Waals surface area contributed by atoms with Crippen LogP contribution in [0.2, 0.25) is 0 Å². The summed E-state index contributed by atoms with van der Waals surface area (Å²) in [5.41, 5.74) is 0.160. The zero-order chi connectivity index (χ0) is 16.7. The van der Waals surface area contributed by atoms with Crippen molar-refractivity contribution in [3.8, 4) is 11.5 Å². The number of aliphatic hydroxyl groups is 1. The van der Waals surface area contributed by atoms with Gasteiger partial charge in [-0.15, -0.1) is 0 Å². The Labute approximate surface area is 137 Å². The van der Waals surface area contributed by atoms with Crippen LogP contribution in [0.15, 0.2) is 18.2 Å². The molecule has 0 aliphatic heterocycles. The van der Waals surface area contributed by atoms with Crippen molar-refractivity contribution < 1.29 is 19.4 Å². The van der Waals surface area contributed by atoms with Gasteiger partial charge in [0.2, 0.25) is 0 Å². The molecule has 6 heteroatoms. The fourth-order valence-corrected chi connectivity index (χ4v) is 2.87. The van der Waals surface area contributed by atoms with Crippen LogP contribution in [0.25, 0.3) is 0 Å². The highest BCUT2D eigenvalue weighted by Gasteiger charge is 2.29. The fraction of sp³-hybridized carbons (Fsp3) is 0.588. The zero-order valence-electron chi connectivity index (χ0n) is 13.9. The Balaban J connectivity index is 1.80. The predicted molar refractivity (Wildman–Crippen MR) is 87.8 cm³/mol. The normalized spacial score (nSPS) is 16.5. The smallest absolute Gasteiger partial charge is 0.315 e. The second-order valence-corrected chi connectivity index (χ2v) is 6.01. The van der Waals surface area contributed by atoms with E-state index in [1.165, 1.54) is 0 Å². The Morgan fingerprint density at radius 3 is 2.48 bits per heavy atom. The molecule has 2 amide bonds. The van der Waals surface area contributed by atoms with Crippen molar-refractivity contribution in [3.05, 3.63) is 23.8 Å². The molecular weight excluding hydrogens is 296 g/mol. The van der Waals surface area contributed by atoms with Crippen LogP contribution in [0.3, 0.4) is 0 Å². The van der Waals surface area contributed by atoms with Gasteiger partial charge in [-0.1, -0.05) is 25.3 Å². The number of methoxy groups -OCH3 is 2. The third kappa shape index (κ3) is 5.03. The lowest BCUT2D eigenvalue weighted by Gasteiger charge is -2.32. The first-order valence-corrected chi connectivity index (χ1v) is 8.01. The molecule has 3 N–H and O–H groups in total. The standard InChI is InChI=1S/C17H26N2O4/c1-22-14-7-6-13(10-15(14)23-2)11-18-16(20)19-12-17(21)8-4-3-5-9-17/h6-7,10,21H,3-5,8-9,11-12H2,1-2H3,(H2,18,19,20). The molecule has 0 unspecified atom stereocenters. The minimum Gasteiger partial charge on any atom is -0.493 e. The van der Waals surface area contributed by atoms with E-state index in [2.05, 4.69) is 10.6 Å². The second-order valence-electron chi connectivity index (χ2n) is 6.01. The van der Waals surface area contributed by atoms with Gasteiger partial charge in [-0.25, -0.2) is 4.79 Å². The molecule has 0 aromatic heterocycles. The van der Waals surface area contributed by atoms with E-state index in [1.54, 1.807) is 20.3 Å². The summed E-state index contributed by atoms with van der Waals surface area (Å²) in [4.78, 5) is 11.9. The highest BCUT2D eigenvalue weighted by molar-refractivity contribution is 5.73. The quantitative estimate of drug-likeness (QED) is 0.750. The number of ether oxygens (including phenoxy) is 2. The summed E-state index contributed by atoms with van der Waals surface area (Å²) < 4.78 is 10.4. The van der Waals surface area contributed by atoms with Gasteiger partial charge in [0.15, 0.2) is 11.5 Å². The van der Waals surface area contributed by atoms with Crippen molar-refractivity contribution >= 4 is 6.03 Å². The summed E-state index contributed by atoms with van der Waals surface area (Å²) in [5.74, 6) is 1.28. The first-order valence-electron chi connectivity index (χ1n) is 8.01. The molecule has 2 rings (SSSR count). The summed E-state index contributed by atoms with van der Waals surface area (Å²) in [6.45, 7) is 0.676. The predicted octanol–water partition coefficient (Wildman–Crippen LogP) is 2.20. The van der Waals surface area contributed by atoms with Crippen LogP contribution in [0.1, 0.15) is 37.7 Å². The van der Waals surface area contributed by atoms with E-state index < -0.39 is 5.60 Å². The number of carbonyl (C=O) groups excluding carboxylic acids is 1. The number of rotatable bonds is 6. The van der Waals surface area contributed by atoms with E-state index in [4.69, 9.17) is 9.47 Å². The Morgan fingerprint density at radius 2 is 1.83 bits per heavy atom. The van der Waals surface area contributed by atoms with E-state index in [9.17, 15) is 9.90 Å². The molecule has 128 valence electrons. The molecule has 1 saturated carbocycles. The van der Waals surface area contributed by atoms with Gasteiger partial charge in [0.05, 0.1) is 19.8 Å². The summed E-state index contributed by atoms with van der Waals surface area (Å²) in [5, 5.41) is 15.9. The lowest BCUT2D eigenvalue weighted by atomic mass is 9.85. The van der Waals surface area contributed by atoms with Gasteiger partial charge in [-0.3, -0.25) is 0 Å². The molecule has 1 fully saturated rings. The van der Waals surface area contributed by atoms with Gasteiger partial charge in [0.25, 0.3) is 0 Å². The maximum Gasteiger partial charge on any atom is 0.315 e. The average molecular weight is 322 g/mol. The molecule has 1 aliphatic carbocycles. The van der Waals surface area contributed by atoms with E-state index in [0.717, 1.165) is 37.7 Å². The number of urea groups is 1. The van der Waals surface area contributed by atoms with E-state index in [0.29, 0.717) is 24.6 Å². The van der Waals surface area contributed by atoms with Crippen molar-refractivity contribution in [1.82, 2.24) is 10.6 Å². The molecule has 0 spiro atoms.